The molecule has 1 unspecified atom stereocenters. The van der Waals surface area contributed by atoms with Gasteiger partial charge in [-0.25, -0.2) is 0 Å². The molecule has 1 atom stereocenters. The highest BCUT2D eigenvalue weighted by atomic mass is 16.5. The van der Waals surface area contributed by atoms with Crippen molar-refractivity contribution < 1.29 is 4.74 Å². The molecule has 0 spiro atoms. The Morgan fingerprint density at radius 3 is 2.40 bits per heavy atom. The summed E-state index contributed by atoms with van der Waals surface area (Å²) in [5.41, 5.74) is 10.7. The molecule has 0 aliphatic heterocycles. The zero-order valence-electron chi connectivity index (χ0n) is 12.3. The molecule has 0 fully saturated rings. The molecule has 0 saturated carbocycles. The van der Waals surface area contributed by atoms with E-state index in [1.165, 1.54) is 16.7 Å². The smallest absolute Gasteiger partial charge is 0.119 e. The molecule has 0 aromatic heterocycles. The van der Waals surface area contributed by atoms with Crippen molar-refractivity contribution in [1.82, 2.24) is 0 Å². The van der Waals surface area contributed by atoms with E-state index in [0.717, 1.165) is 11.4 Å². The zero-order valence-corrected chi connectivity index (χ0v) is 12.3. The van der Waals surface area contributed by atoms with Gasteiger partial charge in [-0.1, -0.05) is 23.8 Å². The SMILES string of the molecule is COc1ccc(NC(CN)c2cc(C)ccc2C)cc1. The third-order valence-corrected chi connectivity index (χ3v) is 3.48. The van der Waals surface area contributed by atoms with Crippen molar-refractivity contribution in [3.63, 3.8) is 0 Å². The lowest BCUT2D eigenvalue weighted by atomic mass is 9.98. The van der Waals surface area contributed by atoms with E-state index in [9.17, 15) is 0 Å². The maximum absolute atomic E-state index is 5.94. The number of hydrogen-bond acceptors (Lipinski definition) is 3. The summed E-state index contributed by atoms with van der Waals surface area (Å²) >= 11 is 0. The molecule has 2 aromatic carbocycles. The topological polar surface area (TPSA) is 47.3 Å². The van der Waals surface area contributed by atoms with Crippen LogP contribution in [0.15, 0.2) is 42.5 Å². The van der Waals surface area contributed by atoms with Gasteiger partial charge in [0.1, 0.15) is 5.75 Å². The molecule has 3 N–H and O–H groups in total. The number of benzene rings is 2. The van der Waals surface area contributed by atoms with Crippen LogP contribution in [0.2, 0.25) is 0 Å². The van der Waals surface area contributed by atoms with Gasteiger partial charge in [0.2, 0.25) is 0 Å². The summed E-state index contributed by atoms with van der Waals surface area (Å²) < 4.78 is 5.17. The number of anilines is 1. The summed E-state index contributed by atoms with van der Waals surface area (Å²) in [7, 11) is 1.67. The molecule has 2 aromatic rings. The van der Waals surface area contributed by atoms with Gasteiger partial charge in [-0.15, -0.1) is 0 Å². The fourth-order valence-electron chi connectivity index (χ4n) is 2.29. The van der Waals surface area contributed by atoms with Crippen LogP contribution in [0.1, 0.15) is 22.7 Å². The normalized spacial score (nSPS) is 12.0. The Morgan fingerprint density at radius 2 is 1.80 bits per heavy atom. The lowest BCUT2D eigenvalue weighted by molar-refractivity contribution is 0.415. The summed E-state index contributed by atoms with van der Waals surface area (Å²) in [6.07, 6.45) is 0. The second kappa shape index (κ2) is 6.44. The first-order valence-corrected chi connectivity index (χ1v) is 6.82. The summed E-state index contributed by atoms with van der Waals surface area (Å²) in [5.74, 6) is 0.853. The highest BCUT2D eigenvalue weighted by molar-refractivity contribution is 5.49. The van der Waals surface area contributed by atoms with Crippen molar-refractivity contribution in [3.8, 4) is 5.75 Å². The van der Waals surface area contributed by atoms with Crippen LogP contribution in [0.3, 0.4) is 0 Å². The number of hydrogen-bond donors (Lipinski definition) is 2. The molecule has 20 heavy (non-hydrogen) atoms. The molecule has 0 saturated heterocycles. The van der Waals surface area contributed by atoms with Gasteiger partial charge < -0.3 is 15.8 Å². The number of ether oxygens (including phenoxy) is 1. The molecule has 0 amide bonds. The van der Waals surface area contributed by atoms with Crippen molar-refractivity contribution in [3.05, 3.63) is 59.2 Å². The highest BCUT2D eigenvalue weighted by Gasteiger charge is 2.12. The van der Waals surface area contributed by atoms with Crippen molar-refractivity contribution in [1.29, 1.82) is 0 Å². The van der Waals surface area contributed by atoms with Crippen LogP contribution in [-0.4, -0.2) is 13.7 Å². The van der Waals surface area contributed by atoms with E-state index in [1.807, 2.05) is 24.3 Å². The quantitative estimate of drug-likeness (QED) is 0.875. The minimum Gasteiger partial charge on any atom is -0.497 e. The number of aryl methyl sites for hydroxylation is 2. The van der Waals surface area contributed by atoms with Crippen LogP contribution < -0.4 is 15.8 Å². The molecule has 0 bridgehead atoms. The first kappa shape index (κ1) is 14.4. The summed E-state index contributed by atoms with van der Waals surface area (Å²) in [4.78, 5) is 0. The molecule has 2 rings (SSSR count). The van der Waals surface area contributed by atoms with E-state index in [2.05, 4.69) is 37.4 Å². The van der Waals surface area contributed by atoms with Gasteiger partial charge in [-0.05, 0) is 49.2 Å². The van der Waals surface area contributed by atoms with Gasteiger partial charge in [-0.3, -0.25) is 0 Å². The fourth-order valence-corrected chi connectivity index (χ4v) is 2.29. The number of methoxy groups -OCH3 is 1. The molecule has 3 nitrogen and oxygen atoms in total. The lowest BCUT2D eigenvalue weighted by Crippen LogP contribution is -2.21. The molecule has 0 radical (unpaired) electrons. The van der Waals surface area contributed by atoms with Crippen LogP contribution in [0.4, 0.5) is 5.69 Å². The summed E-state index contributed by atoms with van der Waals surface area (Å²) in [6, 6.07) is 14.5. The molecule has 106 valence electrons. The van der Waals surface area contributed by atoms with Gasteiger partial charge in [0.25, 0.3) is 0 Å². The number of nitrogens with two attached hydrogens (primary N) is 1. The standard InChI is InChI=1S/C17H22N2O/c1-12-4-5-13(2)16(10-12)17(11-18)19-14-6-8-15(20-3)9-7-14/h4-10,17,19H,11,18H2,1-3H3. The van der Waals surface area contributed by atoms with E-state index in [0.29, 0.717) is 6.54 Å². The highest BCUT2D eigenvalue weighted by Crippen LogP contribution is 2.24. The van der Waals surface area contributed by atoms with Crippen LogP contribution in [0.5, 0.6) is 5.75 Å². The second-order valence-corrected chi connectivity index (χ2v) is 5.02. The van der Waals surface area contributed by atoms with E-state index in [-0.39, 0.29) is 6.04 Å². The largest absolute Gasteiger partial charge is 0.497 e. The van der Waals surface area contributed by atoms with Gasteiger partial charge in [0, 0.05) is 12.2 Å². The molecule has 3 heteroatoms. The van der Waals surface area contributed by atoms with Gasteiger partial charge in [0.15, 0.2) is 0 Å². The Balaban J connectivity index is 2.21. The monoisotopic (exact) mass is 270 g/mol. The second-order valence-electron chi connectivity index (χ2n) is 5.02. The Morgan fingerprint density at radius 1 is 1.10 bits per heavy atom. The molecule has 0 heterocycles. The number of rotatable bonds is 5. The fraction of sp³-hybridized carbons (Fsp3) is 0.294. The van der Waals surface area contributed by atoms with Crippen molar-refractivity contribution in [2.45, 2.75) is 19.9 Å². The third-order valence-electron chi connectivity index (χ3n) is 3.48. The number of nitrogens with one attached hydrogen (secondary N) is 1. The van der Waals surface area contributed by atoms with Crippen LogP contribution in [0.25, 0.3) is 0 Å². The Bertz CT molecular complexity index is 564. The van der Waals surface area contributed by atoms with E-state index in [1.54, 1.807) is 7.11 Å². The van der Waals surface area contributed by atoms with Crippen molar-refractivity contribution in [2.75, 3.05) is 19.0 Å². The van der Waals surface area contributed by atoms with E-state index in [4.69, 9.17) is 10.5 Å². The van der Waals surface area contributed by atoms with Crippen molar-refractivity contribution >= 4 is 5.69 Å². The summed E-state index contributed by atoms with van der Waals surface area (Å²) in [5, 5.41) is 3.48. The van der Waals surface area contributed by atoms with Gasteiger partial charge in [0.05, 0.1) is 13.2 Å². The van der Waals surface area contributed by atoms with Crippen molar-refractivity contribution in [2.24, 2.45) is 5.73 Å². The summed E-state index contributed by atoms with van der Waals surface area (Å²) in [6.45, 7) is 4.77. The zero-order chi connectivity index (χ0) is 14.5. The van der Waals surface area contributed by atoms with Gasteiger partial charge in [-0.2, -0.15) is 0 Å². The maximum atomic E-state index is 5.94. The average Bonchev–Trinajstić information content (AvgIpc) is 2.48. The van der Waals surface area contributed by atoms with Crippen LogP contribution >= 0.6 is 0 Å². The molecule has 0 aliphatic rings. The molecular weight excluding hydrogens is 248 g/mol. The molecular formula is C17H22N2O. The third kappa shape index (κ3) is 3.31. The van der Waals surface area contributed by atoms with Crippen LogP contribution in [0, 0.1) is 13.8 Å². The maximum Gasteiger partial charge on any atom is 0.119 e. The van der Waals surface area contributed by atoms with E-state index < -0.39 is 0 Å². The first-order valence-electron chi connectivity index (χ1n) is 6.82. The Hall–Kier alpha value is -2.00. The average molecular weight is 270 g/mol. The van der Waals surface area contributed by atoms with Gasteiger partial charge >= 0.3 is 0 Å². The lowest BCUT2D eigenvalue weighted by Gasteiger charge is -2.21. The molecule has 0 aliphatic carbocycles. The minimum absolute atomic E-state index is 0.114. The Kier molecular flexibility index (Phi) is 4.64. The minimum atomic E-state index is 0.114. The van der Waals surface area contributed by atoms with Crippen LogP contribution in [-0.2, 0) is 0 Å². The van der Waals surface area contributed by atoms with E-state index >= 15 is 0 Å². The predicted molar refractivity (Wildman–Crippen MR) is 84.3 cm³/mol. The Labute approximate surface area is 120 Å². The first-order chi connectivity index (χ1) is 9.63. The predicted octanol–water partition coefficient (Wildman–Crippen LogP) is 3.42.